The van der Waals surface area contributed by atoms with Crippen LogP contribution in [-0.4, -0.2) is 35.6 Å². The number of aliphatic hydroxyl groups excluding tert-OH is 1. The van der Waals surface area contributed by atoms with Gasteiger partial charge in [0.15, 0.2) is 0 Å². The van der Waals surface area contributed by atoms with Gasteiger partial charge in [-0.1, -0.05) is 0 Å². The highest BCUT2D eigenvalue weighted by atomic mass is 16.6. The summed E-state index contributed by atoms with van der Waals surface area (Å²) < 4.78 is 5.06. The van der Waals surface area contributed by atoms with E-state index in [0.29, 0.717) is 13.0 Å². The van der Waals surface area contributed by atoms with Crippen LogP contribution in [0.25, 0.3) is 0 Å². The minimum absolute atomic E-state index is 0.181. The molecule has 0 aromatic carbocycles. The minimum Gasteiger partial charge on any atom is -0.444 e. The second-order valence-corrected chi connectivity index (χ2v) is 4.50. The maximum absolute atomic E-state index is 11.3. The summed E-state index contributed by atoms with van der Waals surface area (Å²) in [5.41, 5.74) is -0.485. The van der Waals surface area contributed by atoms with Gasteiger partial charge in [-0.3, -0.25) is 5.32 Å². The monoisotopic (exact) mass is 202 g/mol. The maximum atomic E-state index is 11.3. The highest BCUT2D eigenvalue weighted by Crippen LogP contribution is 2.08. The Morgan fingerprint density at radius 1 is 1.57 bits per heavy atom. The van der Waals surface area contributed by atoms with Gasteiger partial charge in [0.05, 0.1) is 12.3 Å². The third-order valence-electron chi connectivity index (χ3n) is 1.80. The van der Waals surface area contributed by atoms with Crippen LogP contribution in [0.1, 0.15) is 27.2 Å². The van der Waals surface area contributed by atoms with E-state index in [9.17, 15) is 9.90 Å². The van der Waals surface area contributed by atoms with Gasteiger partial charge >= 0.3 is 6.09 Å². The van der Waals surface area contributed by atoms with Gasteiger partial charge in [0, 0.05) is 13.0 Å². The number of hydrogen-bond donors (Lipinski definition) is 3. The Balaban J connectivity index is 2.27. The first-order valence-electron chi connectivity index (χ1n) is 4.78. The molecule has 0 aromatic heterocycles. The number of carbonyl (C=O) groups excluding carboxylic acids is 1. The average molecular weight is 202 g/mol. The highest BCUT2D eigenvalue weighted by Gasteiger charge is 2.25. The Hall–Kier alpha value is -0.810. The van der Waals surface area contributed by atoms with Gasteiger partial charge < -0.3 is 15.2 Å². The first kappa shape index (κ1) is 11.3. The van der Waals surface area contributed by atoms with E-state index in [4.69, 9.17) is 4.74 Å². The fraction of sp³-hybridized carbons (Fsp3) is 0.889. The molecule has 0 aliphatic carbocycles. The number of aliphatic hydroxyl groups is 1. The van der Waals surface area contributed by atoms with Crippen molar-refractivity contribution in [2.45, 2.75) is 45.1 Å². The molecule has 14 heavy (non-hydrogen) atoms. The Morgan fingerprint density at radius 3 is 2.64 bits per heavy atom. The molecule has 2 atom stereocenters. The lowest BCUT2D eigenvalue weighted by Crippen LogP contribution is -2.43. The molecule has 1 saturated heterocycles. The van der Waals surface area contributed by atoms with Crippen LogP contribution in [-0.2, 0) is 4.74 Å². The predicted octanol–water partition coefficient (Wildman–Crippen LogP) is 0.191. The van der Waals surface area contributed by atoms with Crippen LogP contribution in [0.5, 0.6) is 0 Å². The number of carbonyl (C=O) groups is 1. The molecule has 0 radical (unpaired) electrons. The zero-order valence-electron chi connectivity index (χ0n) is 8.83. The van der Waals surface area contributed by atoms with Gasteiger partial charge in [0.1, 0.15) is 5.60 Å². The van der Waals surface area contributed by atoms with E-state index in [1.165, 1.54) is 0 Å². The zero-order valence-corrected chi connectivity index (χ0v) is 8.83. The molecule has 3 N–H and O–H groups in total. The zero-order chi connectivity index (χ0) is 10.8. The molecule has 82 valence electrons. The van der Waals surface area contributed by atoms with Gasteiger partial charge in [-0.15, -0.1) is 0 Å². The summed E-state index contributed by atoms with van der Waals surface area (Å²) in [6, 6.07) is 0. The van der Waals surface area contributed by atoms with Crippen LogP contribution in [0.15, 0.2) is 0 Å². The standard InChI is InChI=1S/C9H18N2O3/c1-9(2,3)14-8(13)11-7-4-6(12)5-10-7/h6-7,10,12H,4-5H2,1-3H3,(H,11,13). The average Bonchev–Trinajstić information content (AvgIpc) is 2.30. The van der Waals surface area contributed by atoms with E-state index >= 15 is 0 Å². The molecule has 1 aliphatic rings. The van der Waals surface area contributed by atoms with Crippen molar-refractivity contribution in [2.24, 2.45) is 0 Å². The van der Waals surface area contributed by atoms with E-state index in [1.54, 1.807) is 0 Å². The molecule has 0 saturated carbocycles. The molecule has 5 heteroatoms. The Bertz CT molecular complexity index is 213. The SMILES string of the molecule is CC(C)(C)OC(=O)NC1CC(O)CN1. The van der Waals surface area contributed by atoms with Gasteiger partial charge in [0.25, 0.3) is 0 Å². The van der Waals surface area contributed by atoms with Crippen molar-refractivity contribution in [3.05, 3.63) is 0 Å². The van der Waals surface area contributed by atoms with Crippen molar-refractivity contribution in [2.75, 3.05) is 6.54 Å². The van der Waals surface area contributed by atoms with Crippen molar-refractivity contribution >= 4 is 6.09 Å². The number of hydrogen-bond acceptors (Lipinski definition) is 4. The van der Waals surface area contributed by atoms with Crippen molar-refractivity contribution in [3.8, 4) is 0 Å². The number of rotatable bonds is 1. The van der Waals surface area contributed by atoms with Crippen LogP contribution in [0, 0.1) is 0 Å². The molecular weight excluding hydrogens is 184 g/mol. The lowest BCUT2D eigenvalue weighted by atomic mass is 10.2. The first-order valence-corrected chi connectivity index (χ1v) is 4.78. The molecule has 1 aliphatic heterocycles. The van der Waals surface area contributed by atoms with Crippen LogP contribution in [0.4, 0.5) is 4.79 Å². The van der Waals surface area contributed by atoms with E-state index in [2.05, 4.69) is 10.6 Å². The first-order chi connectivity index (χ1) is 6.37. The largest absolute Gasteiger partial charge is 0.444 e. The lowest BCUT2D eigenvalue weighted by Gasteiger charge is -2.21. The van der Waals surface area contributed by atoms with Crippen molar-refractivity contribution in [3.63, 3.8) is 0 Å². The second kappa shape index (κ2) is 4.14. The Labute approximate surface area is 83.8 Å². The van der Waals surface area contributed by atoms with Gasteiger partial charge in [0.2, 0.25) is 0 Å². The van der Waals surface area contributed by atoms with Crippen LogP contribution >= 0.6 is 0 Å². The lowest BCUT2D eigenvalue weighted by molar-refractivity contribution is 0.0497. The van der Waals surface area contributed by atoms with E-state index in [-0.39, 0.29) is 12.3 Å². The van der Waals surface area contributed by atoms with Gasteiger partial charge in [-0.05, 0) is 20.8 Å². The molecule has 0 aromatic rings. The molecule has 0 bridgehead atoms. The smallest absolute Gasteiger partial charge is 0.408 e. The number of β-amino-alcohol motifs (C(OH)–C–C–N with tert-alkyl or cyclic N) is 1. The summed E-state index contributed by atoms with van der Waals surface area (Å²) in [5, 5.41) is 14.8. The predicted molar refractivity (Wildman–Crippen MR) is 51.8 cm³/mol. The molecule has 2 unspecified atom stereocenters. The minimum atomic E-state index is -0.485. The van der Waals surface area contributed by atoms with Crippen LogP contribution in [0.2, 0.25) is 0 Å². The van der Waals surface area contributed by atoms with Crippen LogP contribution in [0.3, 0.4) is 0 Å². The van der Waals surface area contributed by atoms with Crippen molar-refractivity contribution < 1.29 is 14.6 Å². The van der Waals surface area contributed by atoms with Crippen LogP contribution < -0.4 is 10.6 Å². The number of amides is 1. The summed E-state index contributed by atoms with van der Waals surface area (Å²) in [5.74, 6) is 0. The molecule has 1 rings (SSSR count). The fourth-order valence-corrected chi connectivity index (χ4v) is 1.28. The van der Waals surface area contributed by atoms with E-state index in [1.807, 2.05) is 20.8 Å². The summed E-state index contributed by atoms with van der Waals surface area (Å²) in [4.78, 5) is 11.3. The third kappa shape index (κ3) is 3.93. The topological polar surface area (TPSA) is 70.6 Å². The van der Waals surface area contributed by atoms with E-state index < -0.39 is 11.7 Å². The van der Waals surface area contributed by atoms with Crippen molar-refractivity contribution in [1.82, 2.24) is 10.6 Å². The molecule has 0 spiro atoms. The number of nitrogens with one attached hydrogen (secondary N) is 2. The van der Waals surface area contributed by atoms with Crippen molar-refractivity contribution in [1.29, 1.82) is 0 Å². The third-order valence-corrected chi connectivity index (χ3v) is 1.80. The number of alkyl carbamates (subject to hydrolysis) is 1. The normalized spacial score (nSPS) is 27.4. The molecule has 5 nitrogen and oxygen atoms in total. The molecule has 1 heterocycles. The fourth-order valence-electron chi connectivity index (χ4n) is 1.28. The van der Waals surface area contributed by atoms with E-state index in [0.717, 1.165) is 0 Å². The molecule has 1 fully saturated rings. The Kier molecular flexibility index (Phi) is 3.34. The summed E-state index contributed by atoms with van der Waals surface area (Å²) in [6.45, 7) is 5.94. The number of ether oxygens (including phenoxy) is 1. The Morgan fingerprint density at radius 2 is 2.21 bits per heavy atom. The highest BCUT2D eigenvalue weighted by molar-refractivity contribution is 5.68. The summed E-state index contributed by atoms with van der Waals surface area (Å²) in [7, 11) is 0. The summed E-state index contributed by atoms with van der Waals surface area (Å²) >= 11 is 0. The molecule has 1 amide bonds. The molecular formula is C9H18N2O3. The maximum Gasteiger partial charge on any atom is 0.408 e. The second-order valence-electron chi connectivity index (χ2n) is 4.50. The van der Waals surface area contributed by atoms with Gasteiger partial charge in [-0.25, -0.2) is 4.79 Å². The summed E-state index contributed by atoms with van der Waals surface area (Å²) in [6.07, 6.45) is -0.488. The van der Waals surface area contributed by atoms with Gasteiger partial charge in [-0.2, -0.15) is 0 Å². The quantitative estimate of drug-likeness (QED) is 0.567.